The van der Waals surface area contributed by atoms with Gasteiger partial charge >= 0.3 is 0 Å². The highest BCUT2D eigenvalue weighted by molar-refractivity contribution is 6.31. The highest BCUT2D eigenvalue weighted by Crippen LogP contribution is 2.31. The molecule has 1 unspecified atom stereocenters. The molecule has 0 aromatic heterocycles. The number of hydrogen-bond acceptors (Lipinski definition) is 4. The Balaban J connectivity index is 0.00000243. The molecule has 3 rings (SSSR count). The van der Waals surface area contributed by atoms with Gasteiger partial charge < -0.3 is 19.7 Å². The average Bonchev–Trinajstić information content (AvgIpc) is 2.67. The highest BCUT2D eigenvalue weighted by Gasteiger charge is 2.30. The molecule has 1 heterocycles. The van der Waals surface area contributed by atoms with E-state index >= 15 is 0 Å². The standard InChI is InChI=1S/C19H21ClN2O3.ClH/c1-24-14-9-13(10-15(11-14)25-2)19(23)22-8-7-21-12-18(22)16-5-3-4-6-17(16)20;/h3-6,9-11,18,21H,7-8,12H2,1-2H3;1H. The molecule has 1 aliphatic heterocycles. The molecular weight excluding hydrogens is 375 g/mol. The monoisotopic (exact) mass is 396 g/mol. The molecule has 26 heavy (non-hydrogen) atoms. The molecule has 0 bridgehead atoms. The smallest absolute Gasteiger partial charge is 0.254 e. The molecule has 0 aliphatic carbocycles. The summed E-state index contributed by atoms with van der Waals surface area (Å²) in [6.07, 6.45) is 0. The normalized spacial score (nSPS) is 16.6. The molecule has 0 saturated carbocycles. The van der Waals surface area contributed by atoms with Crippen molar-refractivity contribution in [3.05, 3.63) is 58.6 Å². The molecule has 7 heteroatoms. The molecule has 5 nitrogen and oxygen atoms in total. The molecule has 1 N–H and O–H groups in total. The van der Waals surface area contributed by atoms with Crippen molar-refractivity contribution < 1.29 is 14.3 Å². The molecule has 2 aromatic carbocycles. The van der Waals surface area contributed by atoms with Gasteiger partial charge in [-0.2, -0.15) is 0 Å². The van der Waals surface area contributed by atoms with E-state index in [0.29, 0.717) is 35.2 Å². The van der Waals surface area contributed by atoms with Crippen LogP contribution in [0.5, 0.6) is 11.5 Å². The molecule has 1 fully saturated rings. The molecule has 140 valence electrons. The topological polar surface area (TPSA) is 50.8 Å². The SMILES string of the molecule is COc1cc(OC)cc(C(=O)N2CCNCC2c2ccccc2Cl)c1.Cl. The van der Waals surface area contributed by atoms with E-state index in [1.807, 2.05) is 29.2 Å². The lowest BCUT2D eigenvalue weighted by Crippen LogP contribution is -2.48. The van der Waals surface area contributed by atoms with E-state index in [1.54, 1.807) is 32.4 Å². The number of halogens is 2. The average molecular weight is 397 g/mol. The van der Waals surface area contributed by atoms with Crippen LogP contribution in [0, 0.1) is 0 Å². The number of amides is 1. The minimum absolute atomic E-state index is 0. The van der Waals surface area contributed by atoms with Crippen LogP contribution in [0.2, 0.25) is 5.02 Å². The van der Waals surface area contributed by atoms with Gasteiger partial charge in [0.05, 0.1) is 20.3 Å². The van der Waals surface area contributed by atoms with Gasteiger partial charge in [0.1, 0.15) is 11.5 Å². The highest BCUT2D eigenvalue weighted by atomic mass is 35.5. The number of ether oxygens (including phenoxy) is 2. The molecular formula is C19H22Cl2N2O3. The van der Waals surface area contributed by atoms with Crippen LogP contribution in [-0.2, 0) is 0 Å². The zero-order valence-corrected chi connectivity index (χ0v) is 16.3. The second-order valence-electron chi connectivity index (χ2n) is 5.84. The summed E-state index contributed by atoms with van der Waals surface area (Å²) >= 11 is 6.36. The van der Waals surface area contributed by atoms with Gasteiger partial charge in [0, 0.05) is 36.3 Å². The van der Waals surface area contributed by atoms with Gasteiger partial charge in [-0.25, -0.2) is 0 Å². The van der Waals surface area contributed by atoms with Crippen LogP contribution in [0.25, 0.3) is 0 Å². The summed E-state index contributed by atoms with van der Waals surface area (Å²) in [5, 5.41) is 4.00. The Morgan fingerprint density at radius 1 is 1.15 bits per heavy atom. The number of carbonyl (C=O) groups excluding carboxylic acids is 1. The predicted molar refractivity (Wildman–Crippen MR) is 105 cm³/mol. The van der Waals surface area contributed by atoms with Crippen molar-refractivity contribution in [1.82, 2.24) is 10.2 Å². The predicted octanol–water partition coefficient (Wildman–Crippen LogP) is 3.57. The Kier molecular flexibility index (Phi) is 7.14. The minimum Gasteiger partial charge on any atom is -0.497 e. The van der Waals surface area contributed by atoms with Crippen LogP contribution >= 0.6 is 24.0 Å². The second kappa shape index (κ2) is 9.12. The van der Waals surface area contributed by atoms with Crippen molar-refractivity contribution >= 4 is 29.9 Å². The van der Waals surface area contributed by atoms with Crippen molar-refractivity contribution in [2.45, 2.75) is 6.04 Å². The first kappa shape index (κ1) is 20.4. The van der Waals surface area contributed by atoms with Gasteiger partial charge in [0.15, 0.2) is 0 Å². The number of methoxy groups -OCH3 is 2. The lowest BCUT2D eigenvalue weighted by atomic mass is 10.0. The van der Waals surface area contributed by atoms with Crippen LogP contribution in [0.4, 0.5) is 0 Å². The van der Waals surface area contributed by atoms with Crippen molar-refractivity contribution in [2.75, 3.05) is 33.9 Å². The van der Waals surface area contributed by atoms with E-state index in [4.69, 9.17) is 21.1 Å². The zero-order valence-electron chi connectivity index (χ0n) is 14.7. The first-order valence-corrected chi connectivity index (χ1v) is 8.51. The number of carbonyl (C=O) groups is 1. The van der Waals surface area contributed by atoms with Crippen LogP contribution in [0.15, 0.2) is 42.5 Å². The summed E-state index contributed by atoms with van der Waals surface area (Å²) in [6.45, 7) is 2.01. The molecule has 1 aliphatic rings. The summed E-state index contributed by atoms with van der Waals surface area (Å²) in [5.41, 5.74) is 1.48. The number of nitrogens with one attached hydrogen (secondary N) is 1. The van der Waals surface area contributed by atoms with Gasteiger partial charge in [-0.15, -0.1) is 12.4 Å². The quantitative estimate of drug-likeness (QED) is 0.857. The van der Waals surface area contributed by atoms with Crippen molar-refractivity contribution in [2.24, 2.45) is 0 Å². The largest absolute Gasteiger partial charge is 0.497 e. The molecule has 1 amide bonds. The maximum Gasteiger partial charge on any atom is 0.254 e. The fourth-order valence-electron chi connectivity index (χ4n) is 3.07. The maximum atomic E-state index is 13.2. The first-order valence-electron chi connectivity index (χ1n) is 8.13. The first-order chi connectivity index (χ1) is 12.1. The van der Waals surface area contributed by atoms with E-state index in [0.717, 1.165) is 12.1 Å². The van der Waals surface area contributed by atoms with Crippen LogP contribution < -0.4 is 14.8 Å². The molecule has 2 aromatic rings. The fourth-order valence-corrected chi connectivity index (χ4v) is 3.33. The summed E-state index contributed by atoms with van der Waals surface area (Å²) in [5.74, 6) is 1.11. The Labute approximate surface area is 164 Å². The van der Waals surface area contributed by atoms with Crippen LogP contribution in [0.3, 0.4) is 0 Å². The Hall–Kier alpha value is -1.95. The molecule has 0 radical (unpaired) electrons. The third kappa shape index (κ3) is 4.23. The van der Waals surface area contributed by atoms with Crippen molar-refractivity contribution in [3.8, 4) is 11.5 Å². The fraction of sp³-hybridized carbons (Fsp3) is 0.316. The van der Waals surface area contributed by atoms with E-state index in [2.05, 4.69) is 5.32 Å². The van der Waals surface area contributed by atoms with Gasteiger partial charge in [-0.1, -0.05) is 29.8 Å². The summed E-state index contributed by atoms with van der Waals surface area (Å²) in [6, 6.07) is 12.7. The number of hydrogen-bond donors (Lipinski definition) is 1. The third-order valence-corrected chi connectivity index (χ3v) is 4.71. The van der Waals surface area contributed by atoms with Gasteiger partial charge in [0.25, 0.3) is 5.91 Å². The zero-order chi connectivity index (χ0) is 17.8. The summed E-state index contributed by atoms with van der Waals surface area (Å²) in [7, 11) is 3.14. The Bertz CT molecular complexity index is 748. The minimum atomic E-state index is -0.118. The molecule has 0 spiro atoms. The maximum absolute atomic E-state index is 13.2. The van der Waals surface area contributed by atoms with E-state index < -0.39 is 0 Å². The van der Waals surface area contributed by atoms with Gasteiger partial charge in [-0.05, 0) is 23.8 Å². The van der Waals surface area contributed by atoms with E-state index in [-0.39, 0.29) is 24.4 Å². The Morgan fingerprint density at radius 2 is 1.81 bits per heavy atom. The lowest BCUT2D eigenvalue weighted by Gasteiger charge is -2.37. The van der Waals surface area contributed by atoms with Crippen molar-refractivity contribution in [1.29, 1.82) is 0 Å². The Morgan fingerprint density at radius 3 is 2.42 bits per heavy atom. The second-order valence-corrected chi connectivity index (χ2v) is 6.25. The molecule has 1 atom stereocenters. The number of nitrogens with zero attached hydrogens (tertiary/aromatic N) is 1. The van der Waals surface area contributed by atoms with Crippen molar-refractivity contribution in [3.63, 3.8) is 0 Å². The van der Waals surface area contributed by atoms with E-state index in [9.17, 15) is 4.79 Å². The van der Waals surface area contributed by atoms with Crippen LogP contribution in [-0.4, -0.2) is 44.7 Å². The number of piperazine rings is 1. The van der Waals surface area contributed by atoms with Gasteiger partial charge in [-0.3, -0.25) is 4.79 Å². The number of benzene rings is 2. The van der Waals surface area contributed by atoms with Crippen LogP contribution in [0.1, 0.15) is 22.0 Å². The van der Waals surface area contributed by atoms with E-state index in [1.165, 1.54) is 0 Å². The number of rotatable bonds is 4. The summed E-state index contributed by atoms with van der Waals surface area (Å²) in [4.78, 5) is 15.0. The lowest BCUT2D eigenvalue weighted by molar-refractivity contribution is 0.0633. The third-order valence-electron chi connectivity index (χ3n) is 4.37. The van der Waals surface area contributed by atoms with Gasteiger partial charge in [0.2, 0.25) is 0 Å². The molecule has 1 saturated heterocycles. The summed E-state index contributed by atoms with van der Waals surface area (Å²) < 4.78 is 10.6.